The van der Waals surface area contributed by atoms with Crippen molar-refractivity contribution in [3.05, 3.63) is 102 Å². The topological polar surface area (TPSA) is 0 Å². The van der Waals surface area contributed by atoms with Crippen LogP contribution in [-0.4, -0.2) is 33.1 Å². The molecule has 0 aromatic heterocycles. The Kier molecular flexibility index (Phi) is 13.6. The van der Waals surface area contributed by atoms with Crippen LogP contribution < -0.4 is 15.6 Å². The van der Waals surface area contributed by atoms with E-state index in [1.165, 1.54) is 27.4 Å². The molecule has 6 heteroatoms. The van der Waals surface area contributed by atoms with Gasteiger partial charge >= 0.3 is 0 Å². The predicted molar refractivity (Wildman–Crippen MR) is 201 cm³/mol. The summed E-state index contributed by atoms with van der Waals surface area (Å²) in [6.07, 6.45) is 0. The van der Waals surface area contributed by atoms with E-state index in [4.69, 9.17) is 11.1 Å². The van der Waals surface area contributed by atoms with Crippen LogP contribution in [-0.2, 0) is 0 Å². The Hall–Kier alpha value is -1.48. The van der Waals surface area contributed by atoms with Gasteiger partial charge in [0.1, 0.15) is 7.38 Å². The van der Waals surface area contributed by atoms with Crippen LogP contribution in [0.5, 0.6) is 0 Å². The van der Waals surface area contributed by atoms with Gasteiger partial charge in [-0.1, -0.05) is 182 Å². The van der Waals surface area contributed by atoms with Crippen molar-refractivity contribution in [2.45, 2.75) is 65.5 Å². The molecule has 0 nitrogen and oxygen atoms in total. The molecule has 214 valence electrons. The van der Waals surface area contributed by atoms with E-state index in [9.17, 15) is 0 Å². The summed E-state index contributed by atoms with van der Waals surface area (Å²) in [7, 11) is -3.96. The van der Waals surface area contributed by atoms with E-state index in [1.54, 1.807) is 10.4 Å². The fraction of sp³-hybridized carbons (Fsp3) is 0.294. The van der Waals surface area contributed by atoms with Gasteiger partial charge in [-0.25, -0.2) is 0 Å². The Morgan fingerprint density at radius 2 is 0.925 bits per heavy atom. The third kappa shape index (κ3) is 11.8. The zero-order chi connectivity index (χ0) is 30.1. The number of hydrogen-bond acceptors (Lipinski definition) is 0. The maximum absolute atomic E-state index is 5.67. The average Bonchev–Trinajstić information content (AvgIpc) is 2.88. The fourth-order valence-electron chi connectivity index (χ4n) is 4.29. The number of benzene rings is 4. The fourth-order valence-corrected chi connectivity index (χ4v) is 8.52. The summed E-state index contributed by atoms with van der Waals surface area (Å²) in [5.41, 5.74) is 5.55. The maximum Gasteiger partial charge on any atom is 0.147 e. The summed E-state index contributed by atoms with van der Waals surface area (Å²) < 4.78 is 1.16. The highest BCUT2D eigenvalue weighted by Gasteiger charge is 2.19. The zero-order valence-corrected chi connectivity index (χ0v) is 32.8. The average molecular weight is 684 g/mol. The molecule has 0 aliphatic carbocycles. The van der Waals surface area contributed by atoms with E-state index in [2.05, 4.69) is 178 Å². The monoisotopic (exact) mass is 682 g/mol. The van der Waals surface area contributed by atoms with Gasteiger partial charge in [0.25, 0.3) is 0 Å². The second kappa shape index (κ2) is 15.7. The molecule has 0 aliphatic heterocycles. The van der Waals surface area contributed by atoms with Gasteiger partial charge in [-0.15, -0.1) is 0 Å². The van der Waals surface area contributed by atoms with Crippen LogP contribution in [0.25, 0.3) is 22.3 Å². The lowest BCUT2D eigenvalue weighted by Gasteiger charge is -2.21. The molecule has 0 radical (unpaired) electrons. The Balaban J connectivity index is 0.000000243. The van der Waals surface area contributed by atoms with E-state index >= 15 is 0 Å². The number of rotatable bonds is 5. The molecular formula is C34H48BrClSi4. The maximum atomic E-state index is 5.67. The summed E-state index contributed by atoms with van der Waals surface area (Å²) in [5.74, 6) is 0. The summed E-state index contributed by atoms with van der Waals surface area (Å²) in [6, 6.07) is 35.4. The first-order valence-electron chi connectivity index (χ1n) is 14.3. The zero-order valence-electron chi connectivity index (χ0n) is 26.1. The lowest BCUT2D eigenvalue weighted by molar-refractivity contribution is 1.61. The molecule has 0 spiro atoms. The van der Waals surface area contributed by atoms with Crippen molar-refractivity contribution in [2.24, 2.45) is 0 Å². The Morgan fingerprint density at radius 3 is 1.30 bits per heavy atom. The summed E-state index contributed by atoms with van der Waals surface area (Å²) in [4.78, 5) is 0. The molecule has 0 saturated carbocycles. The largest absolute Gasteiger partial charge is 0.168 e. The predicted octanol–water partition coefficient (Wildman–Crippen LogP) is 9.46. The van der Waals surface area contributed by atoms with Crippen LogP contribution in [0.4, 0.5) is 0 Å². The highest BCUT2D eigenvalue weighted by atomic mass is 79.9. The second-order valence-electron chi connectivity index (χ2n) is 12.9. The van der Waals surface area contributed by atoms with Gasteiger partial charge in [0.05, 0.1) is 25.7 Å². The molecule has 0 unspecified atom stereocenters. The molecule has 4 aromatic rings. The lowest BCUT2D eigenvalue weighted by atomic mass is 10.1. The Bertz CT molecular complexity index is 1320. The molecule has 40 heavy (non-hydrogen) atoms. The highest BCUT2D eigenvalue weighted by Crippen LogP contribution is 2.22. The standard InChI is InChI=1S/C17H24Si2.C14H15BrSi.C3H9ClSi/c1-18(2)17-12-11-15(19(3,4)5)13-16(17)14-9-7-6-8-10-14;1-16(2)14-9-8-12(15)10-13(14)11-6-4-3-5-7-11;1-5(2,3)4/h6-13,18H,1-5H3;3-10,16H,1-2H3;1-3H3. The lowest BCUT2D eigenvalue weighted by Crippen LogP contribution is -2.39. The minimum atomic E-state index is -1.24. The highest BCUT2D eigenvalue weighted by molar-refractivity contribution is 9.10. The molecule has 0 saturated heterocycles. The SMILES string of the molecule is C[SiH](C)c1ccc(Br)cc1-c1ccccc1.C[SiH](C)c1ccc([Si](C)(C)C)cc1-c1ccccc1.C[Si](C)(C)Cl. The van der Waals surface area contributed by atoms with E-state index in [0.29, 0.717) is 0 Å². The van der Waals surface area contributed by atoms with Crippen molar-refractivity contribution in [2.75, 3.05) is 0 Å². The smallest absolute Gasteiger partial charge is 0.147 e. The van der Waals surface area contributed by atoms with Crippen molar-refractivity contribution >= 4 is 75.6 Å². The first-order valence-corrected chi connectivity index (χ1v) is 28.9. The third-order valence-electron chi connectivity index (χ3n) is 6.35. The van der Waals surface area contributed by atoms with Crippen LogP contribution in [0, 0.1) is 0 Å². The van der Waals surface area contributed by atoms with Gasteiger partial charge in [-0.3, -0.25) is 0 Å². The van der Waals surface area contributed by atoms with Crippen molar-refractivity contribution in [1.82, 2.24) is 0 Å². The molecule has 4 rings (SSSR count). The van der Waals surface area contributed by atoms with Crippen molar-refractivity contribution in [1.29, 1.82) is 0 Å². The quantitative estimate of drug-likeness (QED) is 0.145. The van der Waals surface area contributed by atoms with Crippen LogP contribution in [0.1, 0.15) is 0 Å². The summed E-state index contributed by atoms with van der Waals surface area (Å²) in [6.45, 7) is 23.1. The van der Waals surface area contributed by atoms with E-state index < -0.39 is 33.1 Å². The number of halogens is 2. The molecule has 0 aliphatic rings. The second-order valence-corrected chi connectivity index (χ2v) is 32.3. The normalized spacial score (nSPS) is 11.4. The van der Waals surface area contributed by atoms with Gasteiger partial charge < -0.3 is 0 Å². The van der Waals surface area contributed by atoms with E-state index in [1.807, 2.05) is 0 Å². The van der Waals surface area contributed by atoms with Crippen LogP contribution in [0.15, 0.2) is 102 Å². The summed E-state index contributed by atoms with van der Waals surface area (Å²) >= 11 is 9.23. The summed E-state index contributed by atoms with van der Waals surface area (Å²) in [5, 5.41) is 4.69. The molecular weight excluding hydrogens is 636 g/mol. The first kappa shape index (κ1) is 34.7. The third-order valence-corrected chi connectivity index (χ3v) is 12.4. The molecule has 0 heterocycles. The molecule has 0 fully saturated rings. The molecule has 4 aromatic carbocycles. The van der Waals surface area contributed by atoms with Gasteiger partial charge in [0, 0.05) is 4.47 Å². The van der Waals surface area contributed by atoms with Crippen LogP contribution >= 0.6 is 27.0 Å². The first-order chi connectivity index (χ1) is 18.6. The molecule has 0 amide bonds. The Labute approximate surface area is 263 Å². The van der Waals surface area contributed by atoms with Crippen molar-refractivity contribution in [3.63, 3.8) is 0 Å². The minimum Gasteiger partial charge on any atom is -0.168 e. The van der Waals surface area contributed by atoms with E-state index in [0.717, 1.165) is 4.47 Å². The van der Waals surface area contributed by atoms with Crippen LogP contribution in [0.3, 0.4) is 0 Å². The Morgan fingerprint density at radius 1 is 0.550 bits per heavy atom. The minimum absolute atomic E-state index is 0.779. The molecule has 0 bridgehead atoms. The van der Waals surface area contributed by atoms with Crippen molar-refractivity contribution in [3.8, 4) is 22.3 Å². The van der Waals surface area contributed by atoms with Gasteiger partial charge in [0.15, 0.2) is 0 Å². The van der Waals surface area contributed by atoms with E-state index in [-0.39, 0.29) is 0 Å². The van der Waals surface area contributed by atoms with Gasteiger partial charge in [-0.2, -0.15) is 11.1 Å². The number of hydrogen-bond donors (Lipinski definition) is 0. The van der Waals surface area contributed by atoms with Gasteiger partial charge in [-0.05, 0) is 34.4 Å². The van der Waals surface area contributed by atoms with Crippen molar-refractivity contribution < 1.29 is 0 Å². The van der Waals surface area contributed by atoms with Gasteiger partial charge in [0.2, 0.25) is 0 Å². The molecule has 0 N–H and O–H groups in total. The molecule has 0 atom stereocenters. The van der Waals surface area contributed by atoms with Crippen LogP contribution in [0.2, 0.25) is 65.5 Å².